The van der Waals surface area contributed by atoms with Gasteiger partial charge in [-0.05, 0) is 24.6 Å². The van der Waals surface area contributed by atoms with Gasteiger partial charge >= 0.3 is 0 Å². The molecule has 1 heterocycles. The van der Waals surface area contributed by atoms with Crippen molar-refractivity contribution in [2.24, 2.45) is 5.92 Å². The van der Waals surface area contributed by atoms with Gasteiger partial charge < -0.3 is 10.6 Å². The Kier molecular flexibility index (Phi) is 3.08. The lowest BCUT2D eigenvalue weighted by molar-refractivity contribution is 0.365. The van der Waals surface area contributed by atoms with E-state index in [1.807, 2.05) is 0 Å². The van der Waals surface area contributed by atoms with E-state index in [4.69, 9.17) is 0 Å². The molecule has 0 radical (unpaired) electrons. The van der Waals surface area contributed by atoms with Crippen LogP contribution in [0.1, 0.15) is 5.56 Å². The van der Waals surface area contributed by atoms with Gasteiger partial charge in [0.25, 0.3) is 0 Å². The molecule has 0 spiro atoms. The van der Waals surface area contributed by atoms with E-state index in [1.165, 1.54) is 11.3 Å². The van der Waals surface area contributed by atoms with E-state index in [0.29, 0.717) is 0 Å². The molecule has 0 saturated carbocycles. The number of aryl methyl sites for hydroxylation is 1. The third-order valence-corrected chi connectivity index (χ3v) is 3.14. The summed E-state index contributed by atoms with van der Waals surface area (Å²) in [7, 11) is 0. The molecule has 3 heteroatoms. The smallest absolute Gasteiger partial charge is 0.0381 e. The van der Waals surface area contributed by atoms with Gasteiger partial charge in [-0.25, -0.2) is 0 Å². The van der Waals surface area contributed by atoms with Crippen molar-refractivity contribution in [2.45, 2.75) is 6.92 Å². The Morgan fingerprint density at radius 3 is 2.93 bits per heavy atom. The predicted molar refractivity (Wildman–Crippen MR) is 63.7 cm³/mol. The minimum absolute atomic E-state index is 0.799. The van der Waals surface area contributed by atoms with Gasteiger partial charge in [0, 0.05) is 35.7 Å². The molecule has 2 rings (SSSR count). The summed E-state index contributed by atoms with van der Waals surface area (Å²) in [4.78, 5) is 0. The fraction of sp³-hybridized carbons (Fsp3) is 0.455. The molecule has 0 aliphatic carbocycles. The minimum atomic E-state index is 0.799. The quantitative estimate of drug-likeness (QED) is 0.866. The lowest BCUT2D eigenvalue weighted by atomic mass is 10.0. The minimum Gasteiger partial charge on any atom is -0.384 e. The van der Waals surface area contributed by atoms with Crippen LogP contribution in [-0.2, 0) is 0 Å². The van der Waals surface area contributed by atoms with E-state index >= 15 is 0 Å². The van der Waals surface area contributed by atoms with E-state index in [0.717, 1.165) is 30.0 Å². The summed E-state index contributed by atoms with van der Waals surface area (Å²) in [5.74, 6) is 0.799. The number of rotatable bonds is 3. The van der Waals surface area contributed by atoms with Gasteiger partial charge in [0.2, 0.25) is 0 Å². The van der Waals surface area contributed by atoms with Crippen LogP contribution in [0.2, 0.25) is 0 Å². The highest BCUT2D eigenvalue weighted by Crippen LogP contribution is 2.21. The van der Waals surface area contributed by atoms with Crippen LogP contribution in [0.25, 0.3) is 0 Å². The second-order valence-corrected chi connectivity index (χ2v) is 4.78. The number of hydrogen-bond donors (Lipinski definition) is 2. The maximum absolute atomic E-state index is 3.49. The van der Waals surface area contributed by atoms with Gasteiger partial charge in [-0.1, -0.05) is 22.0 Å². The third kappa shape index (κ3) is 2.28. The first-order chi connectivity index (χ1) is 6.75. The molecule has 1 aromatic rings. The molecule has 76 valence electrons. The summed E-state index contributed by atoms with van der Waals surface area (Å²) in [6.07, 6.45) is 0. The Bertz CT molecular complexity index is 321. The highest BCUT2D eigenvalue weighted by molar-refractivity contribution is 9.10. The molecule has 1 aromatic carbocycles. The van der Waals surface area contributed by atoms with Crippen molar-refractivity contribution in [1.29, 1.82) is 0 Å². The van der Waals surface area contributed by atoms with Gasteiger partial charge in [-0.3, -0.25) is 0 Å². The molecule has 2 nitrogen and oxygen atoms in total. The first-order valence-electron chi connectivity index (χ1n) is 4.96. The van der Waals surface area contributed by atoms with Crippen molar-refractivity contribution in [3.8, 4) is 0 Å². The van der Waals surface area contributed by atoms with E-state index in [9.17, 15) is 0 Å². The average molecular weight is 255 g/mol. The summed E-state index contributed by atoms with van der Waals surface area (Å²) < 4.78 is 1.14. The summed E-state index contributed by atoms with van der Waals surface area (Å²) in [5.41, 5.74) is 2.55. The second-order valence-electron chi connectivity index (χ2n) is 3.86. The van der Waals surface area contributed by atoms with Gasteiger partial charge in [-0.2, -0.15) is 0 Å². The van der Waals surface area contributed by atoms with Crippen molar-refractivity contribution < 1.29 is 0 Å². The molecule has 0 aromatic heterocycles. The van der Waals surface area contributed by atoms with Gasteiger partial charge in [0.05, 0.1) is 0 Å². The number of halogens is 1. The highest BCUT2D eigenvalue weighted by atomic mass is 79.9. The van der Waals surface area contributed by atoms with Crippen LogP contribution >= 0.6 is 15.9 Å². The first kappa shape index (κ1) is 9.99. The van der Waals surface area contributed by atoms with E-state index in [1.54, 1.807) is 0 Å². The zero-order valence-corrected chi connectivity index (χ0v) is 9.89. The third-order valence-electron chi connectivity index (χ3n) is 2.65. The van der Waals surface area contributed by atoms with Crippen molar-refractivity contribution >= 4 is 21.6 Å². The second kappa shape index (κ2) is 4.32. The lowest BCUT2D eigenvalue weighted by Crippen LogP contribution is -2.45. The molecule has 0 bridgehead atoms. The van der Waals surface area contributed by atoms with Crippen LogP contribution in [0.3, 0.4) is 0 Å². The summed E-state index contributed by atoms with van der Waals surface area (Å²) in [6.45, 7) is 5.51. The molecule has 0 unspecified atom stereocenters. The maximum atomic E-state index is 3.49. The fourth-order valence-corrected chi connectivity index (χ4v) is 1.89. The van der Waals surface area contributed by atoms with Crippen molar-refractivity contribution in [3.63, 3.8) is 0 Å². The Morgan fingerprint density at radius 2 is 2.29 bits per heavy atom. The molecular weight excluding hydrogens is 240 g/mol. The lowest BCUT2D eigenvalue weighted by Gasteiger charge is -2.27. The van der Waals surface area contributed by atoms with Gasteiger partial charge in [-0.15, -0.1) is 0 Å². The molecule has 1 aliphatic heterocycles. The van der Waals surface area contributed by atoms with Crippen LogP contribution in [0.4, 0.5) is 5.69 Å². The zero-order valence-electron chi connectivity index (χ0n) is 8.31. The van der Waals surface area contributed by atoms with Crippen molar-refractivity contribution in [1.82, 2.24) is 5.32 Å². The zero-order chi connectivity index (χ0) is 9.97. The highest BCUT2D eigenvalue weighted by Gasteiger charge is 2.15. The van der Waals surface area contributed by atoms with Crippen molar-refractivity contribution in [3.05, 3.63) is 28.2 Å². The number of anilines is 1. The molecular formula is C11H15BrN2. The molecule has 0 amide bonds. The van der Waals surface area contributed by atoms with Crippen LogP contribution < -0.4 is 10.6 Å². The predicted octanol–water partition coefficient (Wildman–Crippen LogP) is 2.39. The average Bonchev–Trinajstić information content (AvgIpc) is 2.08. The topological polar surface area (TPSA) is 24.1 Å². The molecule has 1 fully saturated rings. The van der Waals surface area contributed by atoms with Gasteiger partial charge in [0.1, 0.15) is 0 Å². The summed E-state index contributed by atoms with van der Waals surface area (Å²) >= 11 is 3.48. The summed E-state index contributed by atoms with van der Waals surface area (Å²) in [5, 5.41) is 6.76. The fourth-order valence-electron chi connectivity index (χ4n) is 1.53. The molecule has 0 atom stereocenters. The van der Waals surface area contributed by atoms with E-state index in [2.05, 4.69) is 51.7 Å². The van der Waals surface area contributed by atoms with Crippen molar-refractivity contribution in [2.75, 3.05) is 25.0 Å². The van der Waals surface area contributed by atoms with Crippen LogP contribution in [0.5, 0.6) is 0 Å². The first-order valence-corrected chi connectivity index (χ1v) is 5.76. The molecule has 1 saturated heterocycles. The Morgan fingerprint density at radius 1 is 1.50 bits per heavy atom. The monoisotopic (exact) mass is 254 g/mol. The number of hydrogen-bond acceptors (Lipinski definition) is 2. The Balaban J connectivity index is 1.96. The summed E-state index contributed by atoms with van der Waals surface area (Å²) in [6, 6.07) is 6.35. The number of nitrogens with one attached hydrogen (secondary N) is 2. The molecule has 2 N–H and O–H groups in total. The Hall–Kier alpha value is -0.540. The Labute approximate surface area is 93.2 Å². The SMILES string of the molecule is Cc1ccc(Br)cc1NCC1CNC1. The molecule has 1 aliphatic rings. The normalized spacial score (nSPS) is 16.4. The van der Waals surface area contributed by atoms with Crippen LogP contribution in [0, 0.1) is 12.8 Å². The van der Waals surface area contributed by atoms with E-state index in [-0.39, 0.29) is 0 Å². The van der Waals surface area contributed by atoms with Crippen LogP contribution in [0.15, 0.2) is 22.7 Å². The van der Waals surface area contributed by atoms with Gasteiger partial charge in [0.15, 0.2) is 0 Å². The standard InChI is InChI=1S/C11H15BrN2/c1-8-2-3-10(12)4-11(8)14-7-9-5-13-6-9/h2-4,9,13-14H,5-7H2,1H3. The molecule has 14 heavy (non-hydrogen) atoms. The van der Waals surface area contributed by atoms with E-state index < -0.39 is 0 Å². The van der Waals surface area contributed by atoms with Crippen LogP contribution in [-0.4, -0.2) is 19.6 Å². The maximum Gasteiger partial charge on any atom is 0.0381 e. The largest absolute Gasteiger partial charge is 0.384 e. The number of benzene rings is 1.